The summed E-state index contributed by atoms with van der Waals surface area (Å²) in [6, 6.07) is 3.21. The van der Waals surface area contributed by atoms with Gasteiger partial charge in [-0.1, -0.05) is 11.6 Å². The minimum Gasteiger partial charge on any atom is -0.325 e. The average molecular weight is 228 g/mol. The number of nitrogens with two attached hydrogens (primary N) is 1. The maximum atomic E-state index is 13.1. The smallest absolute Gasteiger partial charge is 0.142 e. The van der Waals surface area contributed by atoms with Crippen molar-refractivity contribution < 1.29 is 4.39 Å². The fourth-order valence-corrected chi connectivity index (χ4v) is 1.94. The van der Waals surface area contributed by atoms with Gasteiger partial charge in [0.2, 0.25) is 0 Å². The highest BCUT2D eigenvalue weighted by Gasteiger charge is 2.37. The van der Waals surface area contributed by atoms with Gasteiger partial charge in [-0.25, -0.2) is 4.39 Å². The molecule has 0 radical (unpaired) electrons. The molecule has 1 aromatic carbocycles. The minimum atomic E-state index is -0.341. The van der Waals surface area contributed by atoms with Gasteiger partial charge in [-0.2, -0.15) is 0 Å². The van der Waals surface area contributed by atoms with Gasteiger partial charge in [0.1, 0.15) is 5.82 Å². The van der Waals surface area contributed by atoms with Crippen LogP contribution in [0.25, 0.3) is 0 Å². The van der Waals surface area contributed by atoms with E-state index in [0.29, 0.717) is 0 Å². The van der Waals surface area contributed by atoms with Crippen LogP contribution in [-0.4, -0.2) is 5.54 Å². The van der Waals surface area contributed by atoms with Gasteiger partial charge in [-0.05, 0) is 55.9 Å². The first-order valence-electron chi connectivity index (χ1n) is 5.24. The molecule has 1 fully saturated rings. The molecule has 2 N–H and O–H groups in total. The molecule has 0 saturated heterocycles. The molecule has 3 heteroatoms. The van der Waals surface area contributed by atoms with E-state index in [2.05, 4.69) is 0 Å². The minimum absolute atomic E-state index is 0.0489. The molecule has 1 saturated carbocycles. The van der Waals surface area contributed by atoms with Crippen molar-refractivity contribution in [3.05, 3.63) is 34.1 Å². The molecule has 0 heterocycles. The van der Waals surface area contributed by atoms with E-state index in [1.54, 1.807) is 6.07 Å². The van der Waals surface area contributed by atoms with Gasteiger partial charge < -0.3 is 5.73 Å². The first kappa shape index (κ1) is 10.9. The van der Waals surface area contributed by atoms with E-state index in [9.17, 15) is 4.39 Å². The van der Waals surface area contributed by atoms with Crippen molar-refractivity contribution in [2.24, 2.45) is 5.73 Å². The van der Waals surface area contributed by atoms with Crippen molar-refractivity contribution in [1.82, 2.24) is 0 Å². The standard InChI is InChI=1S/C12H15ClFN/c1-8-6-11(14)10(13)7-9(8)2-3-12(15)4-5-12/h6-7H,2-5,15H2,1H3. The zero-order valence-corrected chi connectivity index (χ0v) is 9.57. The summed E-state index contributed by atoms with van der Waals surface area (Å²) in [6.07, 6.45) is 4.08. The number of aryl methyl sites for hydroxylation is 2. The second-order valence-corrected chi connectivity index (χ2v) is 4.96. The van der Waals surface area contributed by atoms with Crippen molar-refractivity contribution >= 4 is 11.6 Å². The molecule has 1 aromatic rings. The zero-order valence-electron chi connectivity index (χ0n) is 8.82. The molecular weight excluding hydrogens is 213 g/mol. The van der Waals surface area contributed by atoms with E-state index in [-0.39, 0.29) is 16.4 Å². The van der Waals surface area contributed by atoms with Crippen LogP contribution < -0.4 is 5.73 Å². The van der Waals surface area contributed by atoms with Crippen LogP contribution in [0, 0.1) is 12.7 Å². The first-order chi connectivity index (χ1) is 7.00. The molecule has 1 nitrogen and oxygen atoms in total. The van der Waals surface area contributed by atoms with Crippen LogP contribution in [0.3, 0.4) is 0 Å². The molecule has 0 aromatic heterocycles. The lowest BCUT2D eigenvalue weighted by Crippen LogP contribution is -2.22. The Balaban J connectivity index is 2.10. The summed E-state index contributed by atoms with van der Waals surface area (Å²) in [5.74, 6) is -0.341. The molecule has 0 aliphatic heterocycles. The Hall–Kier alpha value is -0.600. The lowest BCUT2D eigenvalue weighted by Gasteiger charge is -2.11. The third-order valence-corrected chi connectivity index (χ3v) is 3.45. The summed E-state index contributed by atoms with van der Waals surface area (Å²) < 4.78 is 13.1. The molecule has 2 rings (SSSR count). The highest BCUT2D eigenvalue weighted by molar-refractivity contribution is 6.30. The third-order valence-electron chi connectivity index (χ3n) is 3.16. The number of hydrogen-bond acceptors (Lipinski definition) is 1. The van der Waals surface area contributed by atoms with Gasteiger partial charge >= 0.3 is 0 Å². The monoisotopic (exact) mass is 227 g/mol. The summed E-state index contributed by atoms with van der Waals surface area (Å²) in [4.78, 5) is 0. The van der Waals surface area contributed by atoms with E-state index in [1.165, 1.54) is 6.07 Å². The van der Waals surface area contributed by atoms with Gasteiger partial charge in [0.25, 0.3) is 0 Å². The third kappa shape index (κ3) is 2.50. The molecule has 1 aliphatic rings. The van der Waals surface area contributed by atoms with E-state index < -0.39 is 0 Å². The lowest BCUT2D eigenvalue weighted by molar-refractivity contribution is 0.603. The largest absolute Gasteiger partial charge is 0.325 e. The summed E-state index contributed by atoms with van der Waals surface area (Å²) in [5.41, 5.74) is 8.12. The van der Waals surface area contributed by atoms with Crippen LogP contribution >= 0.6 is 11.6 Å². The molecule has 82 valence electrons. The Kier molecular flexibility index (Phi) is 2.73. The molecule has 0 amide bonds. The van der Waals surface area contributed by atoms with Crippen molar-refractivity contribution in [2.45, 2.75) is 38.1 Å². The molecule has 0 bridgehead atoms. The van der Waals surface area contributed by atoms with Gasteiger partial charge in [0.05, 0.1) is 5.02 Å². The van der Waals surface area contributed by atoms with E-state index >= 15 is 0 Å². The van der Waals surface area contributed by atoms with E-state index in [0.717, 1.165) is 36.8 Å². The van der Waals surface area contributed by atoms with Gasteiger partial charge in [0, 0.05) is 5.54 Å². The average Bonchev–Trinajstić information content (AvgIpc) is 2.89. The van der Waals surface area contributed by atoms with Crippen molar-refractivity contribution in [1.29, 1.82) is 0 Å². The Morgan fingerprint density at radius 2 is 2.13 bits per heavy atom. The summed E-state index contributed by atoms with van der Waals surface area (Å²) >= 11 is 5.75. The number of rotatable bonds is 3. The number of hydrogen-bond donors (Lipinski definition) is 1. The van der Waals surface area contributed by atoms with E-state index in [1.807, 2.05) is 6.92 Å². The maximum Gasteiger partial charge on any atom is 0.142 e. The second-order valence-electron chi connectivity index (χ2n) is 4.56. The fraction of sp³-hybridized carbons (Fsp3) is 0.500. The van der Waals surface area contributed by atoms with Gasteiger partial charge in [-0.15, -0.1) is 0 Å². The normalized spacial score (nSPS) is 17.9. The van der Waals surface area contributed by atoms with Crippen molar-refractivity contribution in [2.75, 3.05) is 0 Å². The van der Waals surface area contributed by atoms with Crippen molar-refractivity contribution in [3.8, 4) is 0 Å². The molecule has 0 spiro atoms. The second kappa shape index (κ2) is 3.76. The topological polar surface area (TPSA) is 26.0 Å². The van der Waals surface area contributed by atoms with Crippen LogP contribution in [0.15, 0.2) is 12.1 Å². The van der Waals surface area contributed by atoms with Crippen LogP contribution in [0.1, 0.15) is 30.4 Å². The first-order valence-corrected chi connectivity index (χ1v) is 5.61. The number of halogens is 2. The summed E-state index contributed by atoms with van der Waals surface area (Å²) in [5, 5.41) is 0.206. The molecule has 1 aliphatic carbocycles. The van der Waals surface area contributed by atoms with Crippen molar-refractivity contribution in [3.63, 3.8) is 0 Å². The van der Waals surface area contributed by atoms with Gasteiger partial charge in [-0.3, -0.25) is 0 Å². The highest BCUT2D eigenvalue weighted by atomic mass is 35.5. The van der Waals surface area contributed by atoms with Crippen LogP contribution in [0.2, 0.25) is 5.02 Å². The summed E-state index contributed by atoms with van der Waals surface area (Å²) in [6.45, 7) is 1.91. The number of benzene rings is 1. The van der Waals surface area contributed by atoms with Gasteiger partial charge in [0.15, 0.2) is 0 Å². The summed E-state index contributed by atoms with van der Waals surface area (Å²) in [7, 11) is 0. The van der Waals surface area contributed by atoms with Crippen LogP contribution in [0.4, 0.5) is 4.39 Å². The molecule has 0 unspecified atom stereocenters. The fourth-order valence-electron chi connectivity index (χ4n) is 1.75. The molecule has 15 heavy (non-hydrogen) atoms. The predicted octanol–water partition coefficient (Wildman–Crippen LogP) is 3.21. The Labute approximate surface area is 94.4 Å². The Bertz CT molecular complexity index is 385. The zero-order chi connectivity index (χ0) is 11.1. The maximum absolute atomic E-state index is 13.1. The molecular formula is C12H15ClFN. The van der Waals surface area contributed by atoms with Crippen LogP contribution in [0.5, 0.6) is 0 Å². The quantitative estimate of drug-likeness (QED) is 0.843. The predicted molar refractivity (Wildman–Crippen MR) is 60.6 cm³/mol. The van der Waals surface area contributed by atoms with E-state index in [4.69, 9.17) is 17.3 Å². The highest BCUT2D eigenvalue weighted by Crippen LogP contribution is 2.37. The Morgan fingerprint density at radius 1 is 1.47 bits per heavy atom. The van der Waals surface area contributed by atoms with Crippen LogP contribution in [-0.2, 0) is 6.42 Å². The lowest BCUT2D eigenvalue weighted by atomic mass is 10.0. The SMILES string of the molecule is Cc1cc(F)c(Cl)cc1CCC1(N)CC1. The molecule has 0 atom stereocenters. The Morgan fingerprint density at radius 3 is 2.73 bits per heavy atom.